The van der Waals surface area contributed by atoms with Crippen LogP contribution in [0.3, 0.4) is 0 Å². The Bertz CT molecular complexity index is 1100. The van der Waals surface area contributed by atoms with Crippen molar-refractivity contribution in [3.05, 3.63) is 81.9 Å². The molecule has 6 heteroatoms. The minimum absolute atomic E-state index is 0.257. The minimum Gasteiger partial charge on any atom is -0.304 e. The normalized spacial score (nSPS) is 12.9. The standard InChI is InChI=1S/C23H22FN3O2/c1-15-5-8-21-18(10-15)12-22-19(13-25-26(22)2)14-27(21)23(29)17-7-6-16(4-3-9-28)20(24)11-17/h5-11,13H,3-4,12,14H2,1-2H3. The molecule has 0 aliphatic carbocycles. The van der Waals surface area contributed by atoms with E-state index in [1.165, 1.54) is 6.07 Å². The number of hydrogen-bond acceptors (Lipinski definition) is 3. The van der Waals surface area contributed by atoms with Crippen molar-refractivity contribution in [1.82, 2.24) is 9.78 Å². The third kappa shape index (κ3) is 3.58. The van der Waals surface area contributed by atoms with Crippen LogP contribution in [-0.4, -0.2) is 22.0 Å². The maximum absolute atomic E-state index is 14.5. The molecule has 4 rings (SSSR count). The summed E-state index contributed by atoms with van der Waals surface area (Å²) in [7, 11) is 1.90. The summed E-state index contributed by atoms with van der Waals surface area (Å²) in [6.07, 6.45) is 3.82. The summed E-state index contributed by atoms with van der Waals surface area (Å²) in [5, 5.41) is 4.35. The molecule has 5 nitrogen and oxygen atoms in total. The van der Waals surface area contributed by atoms with Gasteiger partial charge in [-0.1, -0.05) is 23.8 Å². The first kappa shape index (κ1) is 19.1. The van der Waals surface area contributed by atoms with Crippen LogP contribution in [0.1, 0.15) is 44.7 Å². The van der Waals surface area contributed by atoms with E-state index in [1.54, 1.807) is 23.2 Å². The first-order chi connectivity index (χ1) is 14.0. The summed E-state index contributed by atoms with van der Waals surface area (Å²) in [5.74, 6) is -0.716. The number of fused-ring (bicyclic) bond motifs is 2. The second kappa shape index (κ2) is 7.62. The van der Waals surface area contributed by atoms with Crippen LogP contribution in [0.25, 0.3) is 0 Å². The molecule has 2 heterocycles. The molecule has 0 saturated carbocycles. The van der Waals surface area contributed by atoms with Gasteiger partial charge in [0.2, 0.25) is 0 Å². The lowest BCUT2D eigenvalue weighted by Crippen LogP contribution is -2.30. The number of rotatable bonds is 4. The van der Waals surface area contributed by atoms with Crippen LogP contribution in [0, 0.1) is 12.7 Å². The van der Waals surface area contributed by atoms with Gasteiger partial charge in [-0.3, -0.25) is 9.48 Å². The molecule has 0 saturated heterocycles. The van der Waals surface area contributed by atoms with Crippen LogP contribution < -0.4 is 4.90 Å². The first-order valence-corrected chi connectivity index (χ1v) is 9.61. The summed E-state index contributed by atoms with van der Waals surface area (Å²) in [6, 6.07) is 10.5. The number of aromatic nitrogens is 2. The quantitative estimate of drug-likeness (QED) is 0.637. The summed E-state index contributed by atoms with van der Waals surface area (Å²) < 4.78 is 16.3. The molecule has 0 atom stereocenters. The Kier molecular flexibility index (Phi) is 5.01. The number of benzene rings is 2. The van der Waals surface area contributed by atoms with Crippen molar-refractivity contribution < 1.29 is 14.0 Å². The van der Waals surface area contributed by atoms with Crippen molar-refractivity contribution in [2.45, 2.75) is 32.7 Å². The molecular formula is C23H22FN3O2. The Balaban J connectivity index is 1.74. The predicted octanol–water partition coefficient (Wildman–Crippen LogP) is 3.75. The van der Waals surface area contributed by atoms with Crippen LogP contribution in [0.15, 0.2) is 42.6 Å². The summed E-state index contributed by atoms with van der Waals surface area (Å²) in [5.41, 5.74) is 5.78. The number of anilines is 1. The van der Waals surface area contributed by atoms with Crippen LogP contribution in [0.2, 0.25) is 0 Å². The minimum atomic E-state index is -0.460. The molecule has 2 aromatic carbocycles. The highest BCUT2D eigenvalue weighted by atomic mass is 19.1. The van der Waals surface area contributed by atoms with E-state index >= 15 is 0 Å². The van der Waals surface area contributed by atoms with E-state index in [9.17, 15) is 14.0 Å². The molecule has 29 heavy (non-hydrogen) atoms. The monoisotopic (exact) mass is 391 g/mol. The molecule has 0 fully saturated rings. The average Bonchev–Trinajstić information content (AvgIpc) is 2.95. The van der Waals surface area contributed by atoms with E-state index in [0.29, 0.717) is 24.9 Å². The molecule has 0 N–H and O–H groups in total. The van der Waals surface area contributed by atoms with Gasteiger partial charge in [0.05, 0.1) is 12.7 Å². The van der Waals surface area contributed by atoms with E-state index in [0.717, 1.165) is 34.4 Å². The number of aryl methyl sites for hydroxylation is 3. The molecule has 0 radical (unpaired) electrons. The second-order valence-electron chi connectivity index (χ2n) is 7.45. The fraction of sp³-hybridized carbons (Fsp3) is 0.261. The second-order valence-corrected chi connectivity index (χ2v) is 7.45. The van der Waals surface area contributed by atoms with Crippen molar-refractivity contribution in [2.75, 3.05) is 4.90 Å². The van der Waals surface area contributed by atoms with Crippen molar-refractivity contribution in [3.8, 4) is 0 Å². The van der Waals surface area contributed by atoms with Gasteiger partial charge in [0, 0.05) is 42.4 Å². The van der Waals surface area contributed by atoms with Crippen molar-refractivity contribution >= 4 is 17.9 Å². The number of carbonyl (C=O) groups is 2. The fourth-order valence-electron chi connectivity index (χ4n) is 3.86. The van der Waals surface area contributed by atoms with Crippen LogP contribution in [-0.2, 0) is 31.2 Å². The number of carbonyl (C=O) groups excluding carboxylic acids is 2. The average molecular weight is 391 g/mol. The Morgan fingerprint density at radius 1 is 1.21 bits per heavy atom. The largest absolute Gasteiger partial charge is 0.304 e. The third-order valence-electron chi connectivity index (χ3n) is 5.44. The molecule has 1 aliphatic heterocycles. The highest BCUT2D eigenvalue weighted by Crippen LogP contribution is 2.32. The maximum Gasteiger partial charge on any atom is 0.258 e. The lowest BCUT2D eigenvalue weighted by atomic mass is 10.0. The molecule has 148 valence electrons. The van der Waals surface area contributed by atoms with Crippen LogP contribution in [0.5, 0.6) is 0 Å². The molecule has 1 aliphatic rings. The molecule has 1 amide bonds. The van der Waals surface area contributed by atoms with Gasteiger partial charge < -0.3 is 9.69 Å². The number of hydrogen-bond donors (Lipinski definition) is 0. The Morgan fingerprint density at radius 3 is 2.79 bits per heavy atom. The topological polar surface area (TPSA) is 55.2 Å². The maximum atomic E-state index is 14.5. The van der Waals surface area contributed by atoms with Gasteiger partial charge in [-0.05, 0) is 42.7 Å². The van der Waals surface area contributed by atoms with E-state index in [-0.39, 0.29) is 17.9 Å². The lowest BCUT2D eigenvalue weighted by molar-refractivity contribution is -0.107. The van der Waals surface area contributed by atoms with Gasteiger partial charge in [0.25, 0.3) is 5.91 Å². The van der Waals surface area contributed by atoms with Gasteiger partial charge in [-0.15, -0.1) is 0 Å². The molecule has 3 aromatic rings. The Hall–Kier alpha value is -3.28. The number of halogens is 1. The van der Waals surface area contributed by atoms with Gasteiger partial charge in [0.15, 0.2) is 0 Å². The number of amides is 1. The fourth-order valence-corrected chi connectivity index (χ4v) is 3.86. The number of aldehydes is 1. The van der Waals surface area contributed by atoms with Crippen molar-refractivity contribution in [3.63, 3.8) is 0 Å². The lowest BCUT2D eigenvalue weighted by Gasteiger charge is -2.23. The zero-order valence-electron chi connectivity index (χ0n) is 16.5. The van der Waals surface area contributed by atoms with Crippen molar-refractivity contribution in [1.29, 1.82) is 0 Å². The molecule has 1 aromatic heterocycles. The van der Waals surface area contributed by atoms with E-state index < -0.39 is 5.82 Å². The molecule has 0 unspecified atom stereocenters. The Morgan fingerprint density at radius 2 is 2.03 bits per heavy atom. The SMILES string of the molecule is Cc1ccc2c(c1)Cc1c(cnn1C)CN2C(=O)c1ccc(CCC=O)c(F)c1. The van der Waals surface area contributed by atoms with Gasteiger partial charge >= 0.3 is 0 Å². The first-order valence-electron chi connectivity index (χ1n) is 9.61. The van der Waals surface area contributed by atoms with Crippen molar-refractivity contribution in [2.24, 2.45) is 7.05 Å². The molecule has 0 spiro atoms. The highest BCUT2D eigenvalue weighted by molar-refractivity contribution is 6.06. The van der Waals surface area contributed by atoms with Crippen LogP contribution in [0.4, 0.5) is 10.1 Å². The van der Waals surface area contributed by atoms with Gasteiger partial charge in [-0.25, -0.2) is 4.39 Å². The number of nitrogens with zero attached hydrogens (tertiary/aromatic N) is 3. The zero-order chi connectivity index (χ0) is 20.5. The predicted molar refractivity (Wildman–Crippen MR) is 108 cm³/mol. The van der Waals surface area contributed by atoms with E-state index in [1.807, 2.05) is 30.8 Å². The van der Waals surface area contributed by atoms with E-state index in [2.05, 4.69) is 11.2 Å². The van der Waals surface area contributed by atoms with Gasteiger partial charge in [-0.2, -0.15) is 5.10 Å². The highest BCUT2D eigenvalue weighted by Gasteiger charge is 2.27. The molecular weight excluding hydrogens is 369 g/mol. The van der Waals surface area contributed by atoms with Gasteiger partial charge in [0.1, 0.15) is 12.1 Å². The van der Waals surface area contributed by atoms with Crippen LogP contribution >= 0.6 is 0 Å². The zero-order valence-corrected chi connectivity index (χ0v) is 16.5. The smallest absolute Gasteiger partial charge is 0.258 e. The summed E-state index contributed by atoms with van der Waals surface area (Å²) in [6.45, 7) is 2.40. The third-order valence-corrected chi connectivity index (χ3v) is 5.44. The Labute approximate surface area is 168 Å². The molecule has 0 bridgehead atoms. The summed E-state index contributed by atoms with van der Waals surface area (Å²) in [4.78, 5) is 25.6. The summed E-state index contributed by atoms with van der Waals surface area (Å²) >= 11 is 0. The van der Waals surface area contributed by atoms with E-state index in [4.69, 9.17) is 0 Å².